The van der Waals surface area contributed by atoms with Gasteiger partial charge < -0.3 is 49.2 Å². The number of hydrogen-bond donors (Lipinski definition) is 3. The second-order valence-corrected chi connectivity index (χ2v) is 18.9. The number of quaternary nitrogens is 1. The molecule has 5 fully saturated rings. The Labute approximate surface area is 344 Å². The Morgan fingerprint density at radius 1 is 1.10 bits per heavy atom. The maximum absolute atomic E-state index is 15.4. The SMILES string of the molecule is CC[C@]12C[N@+]3([O-])CCC4c5ccccc5NC4[C@@](C(=O)OC)(c4cc5c(cc4OC)N(C)[C@H]4[C@@](O)(C(=O)O)[C@H](OC(C)=O)[C@]6(CC)C=CCN7CC[C@]54[C@@H]76)C[C@@H](C3)C1O2. The molecule has 7 aliphatic heterocycles. The van der Waals surface area contributed by atoms with E-state index in [0.29, 0.717) is 75.4 Å². The van der Waals surface area contributed by atoms with E-state index in [2.05, 4.69) is 29.3 Å². The zero-order valence-electron chi connectivity index (χ0n) is 34.7. The second kappa shape index (κ2) is 12.7. The number of nitrogens with zero attached hydrogens (tertiary/aromatic N) is 3. The van der Waals surface area contributed by atoms with Crippen molar-refractivity contribution in [1.29, 1.82) is 0 Å². The fourth-order valence-electron chi connectivity index (χ4n) is 14.5. The number of piperidine rings is 1. The molecular weight excluding hydrogens is 757 g/mol. The maximum atomic E-state index is 15.4. The van der Waals surface area contributed by atoms with Crippen LogP contribution in [0.25, 0.3) is 0 Å². The number of para-hydroxylation sites is 1. The normalized spacial score (nSPS) is 43.3. The monoisotopic (exact) mass is 812 g/mol. The van der Waals surface area contributed by atoms with Gasteiger partial charge in [-0.05, 0) is 55.5 Å². The molecule has 2 aromatic carbocycles. The van der Waals surface area contributed by atoms with E-state index in [1.54, 1.807) is 14.2 Å². The third kappa shape index (κ3) is 4.72. The third-order valence-electron chi connectivity index (χ3n) is 16.6. The number of methoxy groups -OCH3 is 2. The van der Waals surface area contributed by atoms with Gasteiger partial charge in [-0.25, -0.2) is 4.79 Å². The minimum absolute atomic E-state index is 0.198. The number of carbonyl (C=O) groups excluding carboxylic acids is 2. The van der Waals surface area contributed by atoms with Crippen molar-refractivity contribution >= 4 is 29.3 Å². The third-order valence-corrected chi connectivity index (χ3v) is 16.6. The van der Waals surface area contributed by atoms with E-state index in [4.69, 9.17) is 18.9 Å². The number of anilines is 2. The fourth-order valence-corrected chi connectivity index (χ4v) is 14.5. The number of rotatable bonds is 7. The fraction of sp³-hybridized carbons (Fsp3) is 0.622. The van der Waals surface area contributed by atoms with E-state index in [1.807, 2.05) is 48.2 Å². The number of hydrogen-bond acceptors (Lipinski definition) is 12. The summed E-state index contributed by atoms with van der Waals surface area (Å²) in [5.41, 5.74) is -2.57. The highest BCUT2D eigenvalue weighted by atomic mass is 16.6. The summed E-state index contributed by atoms with van der Waals surface area (Å²) in [6.07, 6.45) is 4.75. The lowest BCUT2D eigenvalue weighted by atomic mass is 9.47. The number of likely N-dealkylation sites (N-methyl/N-ethyl adjacent to an activating group) is 1. The molecule has 8 aliphatic rings. The van der Waals surface area contributed by atoms with Gasteiger partial charge >= 0.3 is 17.9 Å². The molecule has 3 unspecified atom stereocenters. The van der Waals surface area contributed by atoms with Gasteiger partial charge in [0.15, 0.2) is 6.10 Å². The Balaban J connectivity index is 1.25. The van der Waals surface area contributed by atoms with Gasteiger partial charge in [0, 0.05) is 78.6 Å². The van der Waals surface area contributed by atoms with Gasteiger partial charge in [-0.15, -0.1) is 0 Å². The molecule has 0 amide bonds. The zero-order chi connectivity index (χ0) is 41.7. The Bertz CT molecular complexity index is 2180. The van der Waals surface area contributed by atoms with Crippen LogP contribution in [0.15, 0.2) is 48.6 Å². The standard InChI is InChI=1S/C45H56N4O10/c1-7-41-15-11-17-48-18-16-43(36(41)48)29-20-30(33(56-5)21-32(29)47(4)37(43)45(54,39(51)52)38(41)58-25(3)50)44(40(53)57-6)22-26-23-49(55,24-42(8-2)35(26)59-42)19-14-28-27-12-9-10-13-31(27)46-34(28)44/h9-13,15,20-21,26,28,34-38,46,54H,7-8,14,16-19,22-24H2,1-6H3,(H,51,52)/t26-,28?,34?,35?,36-,37+,38+,41+,42-,43+,44-,45-,49-/m0/s1. The topological polar surface area (TPSA) is 173 Å². The van der Waals surface area contributed by atoms with Gasteiger partial charge in [-0.1, -0.05) is 44.2 Å². The molecule has 7 heterocycles. The number of carboxylic acids is 1. The largest absolute Gasteiger partial charge is 0.633 e. The molecule has 0 radical (unpaired) electrons. The molecule has 1 aliphatic carbocycles. The summed E-state index contributed by atoms with van der Waals surface area (Å²) in [7, 11) is 4.78. The van der Waals surface area contributed by atoms with E-state index in [0.717, 1.165) is 16.8 Å². The zero-order valence-corrected chi connectivity index (χ0v) is 34.7. The van der Waals surface area contributed by atoms with Crippen LogP contribution >= 0.6 is 0 Å². The van der Waals surface area contributed by atoms with Crippen molar-refractivity contribution < 1.29 is 48.2 Å². The lowest BCUT2D eigenvalue weighted by Crippen LogP contribution is -2.81. The number of aliphatic hydroxyl groups is 1. The molecule has 316 valence electrons. The summed E-state index contributed by atoms with van der Waals surface area (Å²) < 4.78 is 24.4. The molecule has 0 aromatic heterocycles. The van der Waals surface area contributed by atoms with Crippen molar-refractivity contribution in [2.24, 2.45) is 11.3 Å². The van der Waals surface area contributed by atoms with Crippen LogP contribution in [0.5, 0.6) is 5.75 Å². The van der Waals surface area contributed by atoms with E-state index >= 15 is 4.79 Å². The van der Waals surface area contributed by atoms with Crippen molar-refractivity contribution in [3.63, 3.8) is 0 Å². The Morgan fingerprint density at radius 3 is 2.58 bits per heavy atom. The van der Waals surface area contributed by atoms with Crippen LogP contribution in [0.2, 0.25) is 0 Å². The predicted molar refractivity (Wildman–Crippen MR) is 216 cm³/mol. The summed E-state index contributed by atoms with van der Waals surface area (Å²) in [5.74, 6) is -2.70. The molecule has 14 nitrogen and oxygen atoms in total. The highest BCUT2D eigenvalue weighted by Crippen LogP contribution is 2.68. The summed E-state index contributed by atoms with van der Waals surface area (Å²) >= 11 is 0. The van der Waals surface area contributed by atoms with Crippen molar-refractivity contribution in [2.75, 3.05) is 64.2 Å². The van der Waals surface area contributed by atoms with Gasteiger partial charge in [0.2, 0.25) is 5.60 Å². The molecule has 13 atom stereocenters. The predicted octanol–water partition coefficient (Wildman–Crippen LogP) is 3.83. The van der Waals surface area contributed by atoms with Crippen molar-refractivity contribution in [3.8, 4) is 5.75 Å². The lowest BCUT2D eigenvalue weighted by molar-refractivity contribution is -0.890. The van der Waals surface area contributed by atoms with Crippen LogP contribution in [0.3, 0.4) is 0 Å². The molecular formula is C45H56N4O10. The minimum atomic E-state index is -2.54. The van der Waals surface area contributed by atoms with Gasteiger partial charge in [0.25, 0.3) is 0 Å². The highest BCUT2D eigenvalue weighted by molar-refractivity contribution is 5.90. The van der Waals surface area contributed by atoms with E-state index < -0.39 is 68.2 Å². The van der Waals surface area contributed by atoms with Crippen LogP contribution in [0.4, 0.5) is 11.4 Å². The molecule has 1 saturated carbocycles. The summed E-state index contributed by atoms with van der Waals surface area (Å²) in [6, 6.07) is 10.0. The summed E-state index contributed by atoms with van der Waals surface area (Å²) in [4.78, 5) is 46.3. The first-order valence-corrected chi connectivity index (χ1v) is 21.3. The van der Waals surface area contributed by atoms with Gasteiger partial charge in [0.1, 0.15) is 29.4 Å². The Kier molecular flexibility index (Phi) is 8.36. The van der Waals surface area contributed by atoms with Crippen molar-refractivity contribution in [2.45, 2.75) is 111 Å². The molecule has 2 aromatic rings. The molecule has 14 heteroatoms. The first kappa shape index (κ1) is 39.0. The van der Waals surface area contributed by atoms with E-state index in [1.165, 1.54) is 14.0 Å². The first-order valence-electron chi connectivity index (χ1n) is 21.3. The van der Waals surface area contributed by atoms with Gasteiger partial charge in [-0.3, -0.25) is 14.5 Å². The summed E-state index contributed by atoms with van der Waals surface area (Å²) in [6.45, 7) is 7.56. The molecule has 2 bridgehead atoms. The molecule has 59 heavy (non-hydrogen) atoms. The number of aliphatic carboxylic acids is 1. The van der Waals surface area contributed by atoms with Crippen LogP contribution in [0.1, 0.15) is 75.5 Å². The average molecular weight is 813 g/mol. The van der Waals surface area contributed by atoms with Crippen LogP contribution in [0, 0.1) is 16.5 Å². The van der Waals surface area contributed by atoms with Crippen LogP contribution < -0.4 is 15.0 Å². The molecule has 4 saturated heterocycles. The van der Waals surface area contributed by atoms with Crippen LogP contribution in [-0.2, 0) is 39.4 Å². The number of epoxide rings is 1. The minimum Gasteiger partial charge on any atom is -0.633 e. The lowest BCUT2D eigenvalue weighted by Gasteiger charge is -2.63. The van der Waals surface area contributed by atoms with Gasteiger partial charge in [-0.2, -0.15) is 0 Å². The summed E-state index contributed by atoms with van der Waals surface area (Å²) in [5, 5.41) is 43.0. The molecule has 3 N–H and O–H groups in total. The van der Waals surface area contributed by atoms with Crippen molar-refractivity contribution in [3.05, 3.63) is 70.4 Å². The van der Waals surface area contributed by atoms with Crippen molar-refractivity contribution in [1.82, 2.24) is 4.90 Å². The number of esters is 2. The Hall–Kier alpha value is -4.21. The van der Waals surface area contributed by atoms with E-state index in [-0.39, 0.29) is 30.4 Å². The number of fused-ring (bicyclic) bond motifs is 8. The van der Waals surface area contributed by atoms with Gasteiger partial charge in [0.05, 0.1) is 39.4 Å². The number of hydroxylamine groups is 3. The Morgan fingerprint density at radius 2 is 1.88 bits per heavy atom. The average Bonchev–Trinajstić information content (AvgIpc) is 3.49. The second-order valence-electron chi connectivity index (χ2n) is 18.9. The number of ether oxygens (including phenoxy) is 4. The van der Waals surface area contributed by atoms with E-state index in [9.17, 15) is 25.0 Å². The number of nitrogens with one attached hydrogen (secondary N) is 1. The highest BCUT2D eigenvalue weighted by Gasteiger charge is 2.80. The smallest absolute Gasteiger partial charge is 0.341 e. The number of benzene rings is 2. The quantitative estimate of drug-likeness (QED) is 0.121. The number of carbonyl (C=O) groups is 3. The molecule has 1 spiro atoms. The van der Waals surface area contributed by atoms with Crippen LogP contribution in [-0.4, -0.2) is 133 Å². The maximum Gasteiger partial charge on any atom is 0.341 e. The molecule has 10 rings (SSSR count). The number of carboxylic acid groups (broad SMARTS) is 1. The first-order chi connectivity index (χ1) is 28.1.